The van der Waals surface area contributed by atoms with Crippen molar-refractivity contribution in [2.45, 2.75) is 13.5 Å². The lowest BCUT2D eigenvalue weighted by atomic mass is 10.1. The van der Waals surface area contributed by atoms with Crippen molar-refractivity contribution in [2.75, 3.05) is 26.5 Å². The largest absolute Gasteiger partial charge is 0.464 e. The van der Waals surface area contributed by atoms with Crippen LogP contribution in [0.3, 0.4) is 0 Å². The van der Waals surface area contributed by atoms with Gasteiger partial charge in [0.25, 0.3) is 0 Å². The molecule has 1 aromatic heterocycles. The molecular formula is C20H23N3O4. The van der Waals surface area contributed by atoms with Crippen LogP contribution in [0.25, 0.3) is 0 Å². The number of hydrogen-bond acceptors (Lipinski definition) is 6. The average molecular weight is 369 g/mol. The lowest BCUT2D eigenvalue weighted by molar-refractivity contribution is -0.114. The summed E-state index contributed by atoms with van der Waals surface area (Å²) < 4.78 is 4.63. The van der Waals surface area contributed by atoms with Gasteiger partial charge in [-0.15, -0.1) is 0 Å². The lowest BCUT2D eigenvalue weighted by Gasteiger charge is -2.02. The Morgan fingerprint density at radius 2 is 1.70 bits per heavy atom. The molecular weight excluding hydrogens is 346 g/mol. The highest BCUT2D eigenvalue weighted by Crippen LogP contribution is 2.10. The Morgan fingerprint density at radius 3 is 2.22 bits per heavy atom. The Balaban J connectivity index is 0.00000114. The molecule has 0 radical (unpaired) electrons. The monoisotopic (exact) mass is 369 g/mol. The summed E-state index contributed by atoms with van der Waals surface area (Å²) in [6, 6.07) is 10.1. The number of amides is 1. The van der Waals surface area contributed by atoms with Crippen LogP contribution in [-0.4, -0.2) is 43.2 Å². The smallest absolute Gasteiger partial charge is 0.356 e. The molecule has 7 nitrogen and oxygen atoms in total. The molecule has 1 aromatic carbocycles. The number of anilines is 1. The first-order valence-corrected chi connectivity index (χ1v) is 8.11. The quantitative estimate of drug-likeness (QED) is 0.561. The molecule has 142 valence electrons. The molecule has 0 fully saturated rings. The van der Waals surface area contributed by atoms with Crippen LogP contribution in [0.15, 0.2) is 36.4 Å². The van der Waals surface area contributed by atoms with E-state index in [-0.39, 0.29) is 18.2 Å². The van der Waals surface area contributed by atoms with E-state index in [9.17, 15) is 14.7 Å². The Labute approximate surface area is 158 Å². The second-order valence-electron chi connectivity index (χ2n) is 5.39. The Kier molecular flexibility index (Phi) is 9.23. The molecule has 1 heterocycles. The zero-order valence-electron chi connectivity index (χ0n) is 15.8. The number of nitrogens with one attached hydrogen (secondary N) is 2. The maximum atomic E-state index is 11.6. The molecule has 27 heavy (non-hydrogen) atoms. The maximum Gasteiger partial charge on any atom is 0.356 e. The fraction of sp³-hybridized carbons (Fsp3) is 0.250. The van der Waals surface area contributed by atoms with Gasteiger partial charge in [-0.05, 0) is 50.5 Å². The van der Waals surface area contributed by atoms with Crippen molar-refractivity contribution in [3.63, 3.8) is 0 Å². The number of aliphatic hydroxyl groups is 1. The second kappa shape index (κ2) is 11.4. The van der Waals surface area contributed by atoms with Crippen molar-refractivity contribution in [2.24, 2.45) is 0 Å². The van der Waals surface area contributed by atoms with Gasteiger partial charge < -0.3 is 20.5 Å². The summed E-state index contributed by atoms with van der Waals surface area (Å²) in [7, 11) is 5.01. The van der Waals surface area contributed by atoms with Gasteiger partial charge in [0.1, 0.15) is 5.69 Å². The standard InChI is InChI=1S/C18H16N2O4.C2H7N/c1-12(22)19-15-7-5-13(6-8-15)3-4-14-9-16(11-21)20-17(10-14)18(23)24-2;1-3-2/h5-10,21H,11H2,1-2H3,(H,19,22);3H,1-2H3. The molecule has 0 saturated heterocycles. The molecule has 2 rings (SSSR count). The van der Waals surface area contributed by atoms with E-state index < -0.39 is 5.97 Å². The SMILES string of the molecule is CNC.COC(=O)c1cc(C#Cc2ccc(NC(C)=O)cc2)cc(CO)n1. The van der Waals surface area contributed by atoms with Crippen LogP contribution >= 0.6 is 0 Å². The number of aromatic nitrogens is 1. The van der Waals surface area contributed by atoms with E-state index in [1.807, 2.05) is 14.1 Å². The minimum atomic E-state index is -0.590. The number of methoxy groups -OCH3 is 1. The number of esters is 1. The molecule has 7 heteroatoms. The number of rotatable bonds is 3. The highest BCUT2D eigenvalue weighted by Gasteiger charge is 2.09. The minimum Gasteiger partial charge on any atom is -0.464 e. The number of ether oxygens (including phenoxy) is 1. The predicted molar refractivity (Wildman–Crippen MR) is 103 cm³/mol. The number of aliphatic hydroxyl groups excluding tert-OH is 1. The summed E-state index contributed by atoms with van der Waals surface area (Å²) >= 11 is 0. The van der Waals surface area contributed by atoms with Crippen molar-refractivity contribution < 1.29 is 19.4 Å². The van der Waals surface area contributed by atoms with Gasteiger partial charge in [0.15, 0.2) is 0 Å². The fourth-order valence-electron chi connectivity index (χ4n) is 1.93. The van der Waals surface area contributed by atoms with E-state index in [4.69, 9.17) is 0 Å². The van der Waals surface area contributed by atoms with Gasteiger partial charge in [0, 0.05) is 23.7 Å². The van der Waals surface area contributed by atoms with Gasteiger partial charge in [-0.25, -0.2) is 9.78 Å². The summed E-state index contributed by atoms with van der Waals surface area (Å²) in [4.78, 5) is 26.5. The van der Waals surface area contributed by atoms with Gasteiger partial charge in [0.2, 0.25) is 5.91 Å². The summed E-state index contributed by atoms with van der Waals surface area (Å²) in [5.74, 6) is 5.14. The molecule has 0 aliphatic heterocycles. The van der Waals surface area contributed by atoms with Crippen LogP contribution in [-0.2, 0) is 16.1 Å². The summed E-state index contributed by atoms with van der Waals surface area (Å²) in [6.07, 6.45) is 0. The first-order chi connectivity index (χ1) is 12.9. The summed E-state index contributed by atoms with van der Waals surface area (Å²) in [5, 5.41) is 14.7. The average Bonchev–Trinajstić information content (AvgIpc) is 2.66. The number of benzene rings is 1. The van der Waals surface area contributed by atoms with Crippen LogP contribution in [0.2, 0.25) is 0 Å². The third-order valence-corrected chi connectivity index (χ3v) is 2.99. The van der Waals surface area contributed by atoms with E-state index in [0.717, 1.165) is 5.56 Å². The van der Waals surface area contributed by atoms with E-state index in [0.29, 0.717) is 16.9 Å². The zero-order chi connectivity index (χ0) is 20.2. The first kappa shape index (κ1) is 21.8. The number of hydrogen-bond donors (Lipinski definition) is 3. The molecule has 0 spiro atoms. The fourth-order valence-corrected chi connectivity index (χ4v) is 1.93. The number of pyridine rings is 1. The molecule has 0 atom stereocenters. The van der Waals surface area contributed by atoms with Crippen LogP contribution in [0.5, 0.6) is 0 Å². The topological polar surface area (TPSA) is 101 Å². The zero-order valence-corrected chi connectivity index (χ0v) is 15.8. The molecule has 1 amide bonds. The van der Waals surface area contributed by atoms with Crippen LogP contribution < -0.4 is 10.6 Å². The van der Waals surface area contributed by atoms with Gasteiger partial charge in [-0.3, -0.25) is 4.79 Å². The second-order valence-corrected chi connectivity index (χ2v) is 5.39. The minimum absolute atomic E-state index is 0.0920. The third-order valence-electron chi connectivity index (χ3n) is 2.99. The first-order valence-electron chi connectivity index (χ1n) is 8.11. The van der Waals surface area contributed by atoms with E-state index >= 15 is 0 Å². The van der Waals surface area contributed by atoms with Gasteiger partial charge >= 0.3 is 5.97 Å². The van der Waals surface area contributed by atoms with Crippen LogP contribution in [0, 0.1) is 11.8 Å². The predicted octanol–water partition coefficient (Wildman–Crippen LogP) is 1.55. The molecule has 0 bridgehead atoms. The van der Waals surface area contributed by atoms with E-state index in [1.54, 1.807) is 30.3 Å². The summed E-state index contributed by atoms with van der Waals surface area (Å²) in [6.45, 7) is 1.14. The highest BCUT2D eigenvalue weighted by atomic mass is 16.5. The van der Waals surface area contributed by atoms with Crippen molar-refractivity contribution in [3.8, 4) is 11.8 Å². The molecule has 0 saturated carbocycles. The van der Waals surface area contributed by atoms with Crippen LogP contribution in [0.4, 0.5) is 5.69 Å². The maximum absolute atomic E-state index is 11.6. The number of carbonyl (C=O) groups is 2. The highest BCUT2D eigenvalue weighted by molar-refractivity contribution is 5.88. The van der Waals surface area contributed by atoms with Gasteiger partial charge in [-0.1, -0.05) is 11.8 Å². The molecule has 3 N–H and O–H groups in total. The normalized spacial score (nSPS) is 9.22. The van der Waals surface area contributed by atoms with E-state index in [2.05, 4.69) is 32.2 Å². The number of nitrogens with zero attached hydrogens (tertiary/aromatic N) is 1. The third kappa shape index (κ3) is 7.69. The number of carbonyl (C=O) groups excluding carboxylic acids is 2. The molecule has 2 aromatic rings. The van der Waals surface area contributed by atoms with E-state index in [1.165, 1.54) is 20.1 Å². The molecule has 0 aliphatic rings. The van der Waals surface area contributed by atoms with Gasteiger partial charge in [0.05, 0.1) is 19.4 Å². The van der Waals surface area contributed by atoms with Crippen molar-refractivity contribution >= 4 is 17.6 Å². The van der Waals surface area contributed by atoms with Gasteiger partial charge in [-0.2, -0.15) is 0 Å². The Bertz CT molecular complexity index is 837. The summed E-state index contributed by atoms with van der Waals surface area (Å²) in [5.41, 5.74) is 2.40. The molecule has 0 unspecified atom stereocenters. The van der Waals surface area contributed by atoms with Crippen molar-refractivity contribution in [3.05, 3.63) is 58.9 Å². The van der Waals surface area contributed by atoms with Crippen molar-refractivity contribution in [1.82, 2.24) is 10.3 Å². The van der Waals surface area contributed by atoms with Crippen molar-refractivity contribution in [1.29, 1.82) is 0 Å². The Hall–Kier alpha value is -3.21. The Morgan fingerprint density at radius 1 is 1.11 bits per heavy atom. The lowest BCUT2D eigenvalue weighted by Crippen LogP contribution is -2.07. The van der Waals surface area contributed by atoms with Crippen LogP contribution in [0.1, 0.15) is 34.2 Å². The molecule has 0 aliphatic carbocycles.